The van der Waals surface area contributed by atoms with E-state index in [1.807, 2.05) is 0 Å². The van der Waals surface area contributed by atoms with Crippen LogP contribution in [0.25, 0.3) is 0 Å². The molecule has 0 spiro atoms. The Kier molecular flexibility index (Phi) is 4.58. The molecular formula is C17H30O5Si. The summed E-state index contributed by atoms with van der Waals surface area (Å²) in [7, 11) is 2.66. The molecule has 2 saturated heterocycles. The van der Waals surface area contributed by atoms with Crippen LogP contribution in [-0.4, -0.2) is 54.5 Å². The van der Waals surface area contributed by atoms with Crippen molar-refractivity contribution in [2.24, 2.45) is 17.8 Å². The first-order valence-electron chi connectivity index (χ1n) is 9.14. The van der Waals surface area contributed by atoms with E-state index in [1.54, 1.807) is 21.3 Å². The zero-order valence-electron chi connectivity index (χ0n) is 14.5. The second-order valence-electron chi connectivity index (χ2n) is 7.74. The van der Waals surface area contributed by atoms with Crippen LogP contribution in [0.4, 0.5) is 0 Å². The Morgan fingerprint density at radius 3 is 1.65 bits per heavy atom. The minimum Gasteiger partial charge on any atom is -0.377 e. The Balaban J connectivity index is 1.49. The van der Waals surface area contributed by atoms with Gasteiger partial charge < -0.3 is 22.8 Å². The van der Waals surface area contributed by atoms with Crippen molar-refractivity contribution >= 4 is 8.80 Å². The second-order valence-corrected chi connectivity index (χ2v) is 10.7. The maximum absolute atomic E-state index is 5.78. The highest BCUT2D eigenvalue weighted by Gasteiger charge is 2.53. The highest BCUT2D eigenvalue weighted by Crippen LogP contribution is 2.51. The molecule has 0 radical (unpaired) electrons. The summed E-state index contributed by atoms with van der Waals surface area (Å²) in [5, 5.41) is 0. The van der Waals surface area contributed by atoms with E-state index in [1.165, 1.54) is 38.5 Å². The second kappa shape index (κ2) is 6.39. The Morgan fingerprint density at radius 2 is 1.26 bits per heavy atom. The minimum atomic E-state index is -2.55. The average molecular weight is 343 g/mol. The van der Waals surface area contributed by atoms with Crippen molar-refractivity contribution < 1.29 is 22.8 Å². The molecule has 2 heterocycles. The third-order valence-electron chi connectivity index (χ3n) is 6.72. The molecule has 0 aromatic rings. The fourth-order valence-electron chi connectivity index (χ4n) is 5.15. The van der Waals surface area contributed by atoms with Crippen LogP contribution in [0, 0.1) is 17.8 Å². The number of epoxide rings is 2. The lowest BCUT2D eigenvalue weighted by Gasteiger charge is -2.39. The van der Waals surface area contributed by atoms with Crippen LogP contribution in [-0.2, 0) is 22.8 Å². The van der Waals surface area contributed by atoms with Gasteiger partial charge in [-0.05, 0) is 56.3 Å². The molecule has 4 aliphatic rings. The molecular weight excluding hydrogens is 312 g/mol. The largest absolute Gasteiger partial charge is 0.500 e. The number of fused-ring (bicyclic) bond motifs is 2. The summed E-state index contributed by atoms with van der Waals surface area (Å²) in [4.78, 5) is 0. The topological polar surface area (TPSA) is 52.8 Å². The van der Waals surface area contributed by atoms with Crippen molar-refractivity contribution in [3.8, 4) is 0 Å². The van der Waals surface area contributed by atoms with Gasteiger partial charge in [-0.2, -0.15) is 0 Å². The highest BCUT2D eigenvalue weighted by atomic mass is 28.4. The maximum atomic E-state index is 5.78. The molecule has 6 atom stereocenters. The molecule has 4 rings (SSSR count). The van der Waals surface area contributed by atoms with Gasteiger partial charge in [-0.1, -0.05) is 0 Å². The Labute approximate surface area is 140 Å². The Bertz CT molecular complexity index is 393. The van der Waals surface area contributed by atoms with Crippen molar-refractivity contribution in [1.82, 2.24) is 0 Å². The standard InChI is InChI=1S/C17H30O5Si/c1-18-23(19-2,20-3)10-13(11-4-6-14-16(8-11)21-14)12-5-7-15-17(9-12)22-15/h11-17H,4-10H2,1-3H3. The van der Waals surface area contributed by atoms with Gasteiger partial charge in [-0.25, -0.2) is 0 Å². The summed E-state index contributed by atoms with van der Waals surface area (Å²) >= 11 is 0. The molecule has 0 bridgehead atoms. The predicted molar refractivity (Wildman–Crippen MR) is 87.1 cm³/mol. The van der Waals surface area contributed by atoms with Crippen LogP contribution in [0.2, 0.25) is 6.04 Å². The molecule has 2 aliphatic heterocycles. The van der Waals surface area contributed by atoms with Gasteiger partial charge in [0.1, 0.15) is 0 Å². The monoisotopic (exact) mass is 342 g/mol. The predicted octanol–water partition coefficient (Wildman–Crippen LogP) is 2.62. The van der Waals surface area contributed by atoms with E-state index >= 15 is 0 Å². The first-order valence-corrected chi connectivity index (χ1v) is 11.1. The van der Waals surface area contributed by atoms with Gasteiger partial charge in [0.25, 0.3) is 0 Å². The van der Waals surface area contributed by atoms with E-state index in [2.05, 4.69) is 0 Å². The van der Waals surface area contributed by atoms with E-state index in [0.29, 0.717) is 42.2 Å². The Hall–Kier alpha value is 0.0169. The van der Waals surface area contributed by atoms with Crippen LogP contribution < -0.4 is 0 Å². The highest BCUT2D eigenvalue weighted by molar-refractivity contribution is 6.60. The molecule has 0 aromatic heterocycles. The van der Waals surface area contributed by atoms with Crippen LogP contribution in [0.15, 0.2) is 0 Å². The average Bonchev–Trinajstić information content (AvgIpc) is 3.49. The summed E-state index contributed by atoms with van der Waals surface area (Å²) in [6, 6.07) is 0.931. The summed E-state index contributed by atoms with van der Waals surface area (Å²) in [6.45, 7) is 0. The smallest absolute Gasteiger partial charge is 0.377 e. The zero-order chi connectivity index (χ0) is 16.0. The number of hydrogen-bond donors (Lipinski definition) is 0. The van der Waals surface area contributed by atoms with E-state index in [4.69, 9.17) is 22.8 Å². The van der Waals surface area contributed by atoms with E-state index in [-0.39, 0.29) is 0 Å². The SMILES string of the molecule is CO[Si](CC(C1CCC2OC2C1)C1CCC2OC2C1)(OC)OC. The number of rotatable bonds is 7. The van der Waals surface area contributed by atoms with Gasteiger partial charge in [0.05, 0.1) is 24.4 Å². The van der Waals surface area contributed by atoms with E-state index in [0.717, 1.165) is 6.04 Å². The Morgan fingerprint density at radius 1 is 0.783 bits per heavy atom. The van der Waals surface area contributed by atoms with Gasteiger partial charge in [-0.15, -0.1) is 0 Å². The fraction of sp³-hybridized carbons (Fsp3) is 1.00. The minimum absolute atomic E-state index is 0.522. The first-order chi connectivity index (χ1) is 11.2. The van der Waals surface area contributed by atoms with Gasteiger partial charge in [0, 0.05) is 27.4 Å². The van der Waals surface area contributed by atoms with Gasteiger partial charge >= 0.3 is 8.80 Å². The molecule has 5 nitrogen and oxygen atoms in total. The molecule has 0 aromatic carbocycles. The quantitative estimate of drug-likeness (QED) is 0.526. The van der Waals surface area contributed by atoms with Crippen LogP contribution in [0.5, 0.6) is 0 Å². The van der Waals surface area contributed by atoms with E-state index in [9.17, 15) is 0 Å². The molecule has 0 amide bonds. The van der Waals surface area contributed by atoms with Crippen LogP contribution >= 0.6 is 0 Å². The normalized spacial score (nSPS) is 43.4. The maximum Gasteiger partial charge on any atom is 0.500 e. The summed E-state index contributed by atoms with van der Waals surface area (Å²) < 4.78 is 28.8. The van der Waals surface area contributed by atoms with E-state index < -0.39 is 8.80 Å². The van der Waals surface area contributed by atoms with Crippen LogP contribution in [0.3, 0.4) is 0 Å². The molecule has 4 fully saturated rings. The molecule has 23 heavy (non-hydrogen) atoms. The van der Waals surface area contributed by atoms with Gasteiger partial charge in [0.15, 0.2) is 0 Å². The lowest BCUT2D eigenvalue weighted by Crippen LogP contribution is -2.47. The summed E-state index contributed by atoms with van der Waals surface area (Å²) in [5.41, 5.74) is 0. The molecule has 2 saturated carbocycles. The lowest BCUT2D eigenvalue weighted by molar-refractivity contribution is 0.0930. The van der Waals surface area contributed by atoms with Crippen LogP contribution in [0.1, 0.15) is 38.5 Å². The summed E-state index contributed by atoms with van der Waals surface area (Å²) in [5.74, 6) is 2.04. The fourth-order valence-corrected chi connectivity index (χ4v) is 7.40. The lowest BCUT2D eigenvalue weighted by atomic mass is 9.70. The van der Waals surface area contributed by atoms with Crippen molar-refractivity contribution in [3.63, 3.8) is 0 Å². The first kappa shape index (κ1) is 16.5. The van der Waals surface area contributed by atoms with Crippen molar-refractivity contribution in [1.29, 1.82) is 0 Å². The van der Waals surface area contributed by atoms with Gasteiger partial charge in [-0.3, -0.25) is 0 Å². The third kappa shape index (κ3) is 3.26. The molecule has 132 valence electrons. The van der Waals surface area contributed by atoms with Crippen molar-refractivity contribution in [2.75, 3.05) is 21.3 Å². The zero-order valence-corrected chi connectivity index (χ0v) is 15.5. The third-order valence-corrected chi connectivity index (χ3v) is 9.56. The summed E-state index contributed by atoms with van der Waals surface area (Å²) in [6.07, 6.45) is 9.59. The van der Waals surface area contributed by atoms with Crippen molar-refractivity contribution in [3.05, 3.63) is 0 Å². The molecule has 0 N–H and O–H groups in total. The number of ether oxygens (including phenoxy) is 2. The molecule has 6 heteroatoms. The molecule has 6 unspecified atom stereocenters. The number of hydrogen-bond acceptors (Lipinski definition) is 5. The molecule has 2 aliphatic carbocycles. The van der Waals surface area contributed by atoms with Crippen molar-refractivity contribution in [2.45, 2.75) is 69.0 Å². The van der Waals surface area contributed by atoms with Gasteiger partial charge in [0.2, 0.25) is 0 Å².